The Hall–Kier alpha value is -1.07. The second-order valence-electron chi connectivity index (χ2n) is 4.22. The van der Waals surface area contributed by atoms with Crippen molar-refractivity contribution in [1.82, 2.24) is 0 Å². The molecule has 0 aliphatic heterocycles. The molecular formula is C12H19NO3S. The molecule has 0 aromatic heterocycles. The normalized spacial score (nSPS) is 13.4. The van der Waals surface area contributed by atoms with Crippen molar-refractivity contribution in [2.24, 2.45) is 5.73 Å². The first-order valence-electron chi connectivity index (χ1n) is 5.50. The lowest BCUT2D eigenvalue weighted by Gasteiger charge is -2.10. The van der Waals surface area contributed by atoms with Crippen LogP contribution in [0.25, 0.3) is 0 Å². The summed E-state index contributed by atoms with van der Waals surface area (Å²) in [6.07, 6.45) is 0.466. The summed E-state index contributed by atoms with van der Waals surface area (Å²) in [6, 6.07) is 4.86. The van der Waals surface area contributed by atoms with Gasteiger partial charge in [-0.25, -0.2) is 8.42 Å². The fourth-order valence-corrected chi connectivity index (χ4v) is 3.28. The molecule has 96 valence electrons. The van der Waals surface area contributed by atoms with E-state index in [1.807, 2.05) is 0 Å². The largest absolute Gasteiger partial charge is 0.497 e. The lowest BCUT2D eigenvalue weighted by atomic mass is 10.2. The number of sulfone groups is 1. The van der Waals surface area contributed by atoms with Gasteiger partial charge in [-0.2, -0.15) is 0 Å². The van der Waals surface area contributed by atoms with Crippen LogP contribution in [0.4, 0.5) is 0 Å². The number of rotatable bonds is 5. The zero-order chi connectivity index (χ0) is 13.1. The van der Waals surface area contributed by atoms with Crippen LogP contribution >= 0.6 is 0 Å². The Kier molecular flexibility index (Phi) is 4.54. The molecule has 0 amide bonds. The van der Waals surface area contributed by atoms with Gasteiger partial charge in [0.1, 0.15) is 5.75 Å². The predicted octanol–water partition coefficient (Wildman–Crippen LogP) is 1.51. The van der Waals surface area contributed by atoms with Gasteiger partial charge in [0.15, 0.2) is 9.84 Å². The molecule has 0 radical (unpaired) electrons. The van der Waals surface area contributed by atoms with Crippen molar-refractivity contribution >= 4 is 9.84 Å². The molecule has 0 aliphatic carbocycles. The summed E-state index contributed by atoms with van der Waals surface area (Å²) >= 11 is 0. The summed E-state index contributed by atoms with van der Waals surface area (Å²) in [4.78, 5) is 0.360. The van der Waals surface area contributed by atoms with Crippen LogP contribution in [-0.4, -0.2) is 27.3 Å². The third kappa shape index (κ3) is 3.71. The van der Waals surface area contributed by atoms with Crippen molar-refractivity contribution in [2.45, 2.75) is 31.2 Å². The van der Waals surface area contributed by atoms with Crippen LogP contribution in [0.5, 0.6) is 5.75 Å². The molecular weight excluding hydrogens is 238 g/mol. The lowest BCUT2D eigenvalue weighted by Crippen LogP contribution is -2.20. The number of hydrogen-bond acceptors (Lipinski definition) is 4. The topological polar surface area (TPSA) is 69.4 Å². The van der Waals surface area contributed by atoms with Crippen LogP contribution < -0.4 is 10.5 Å². The zero-order valence-electron chi connectivity index (χ0n) is 10.4. The minimum Gasteiger partial charge on any atom is -0.497 e. The standard InChI is InChI=1S/C12H19NO3S/c1-9-8-11(16-3)4-5-12(9)17(14,15)7-6-10(2)13/h4-5,8,10H,6-7,13H2,1-3H3. The van der Waals surface area contributed by atoms with E-state index in [9.17, 15) is 8.42 Å². The first kappa shape index (κ1) is 14.0. The van der Waals surface area contributed by atoms with Crippen LogP contribution in [0.1, 0.15) is 18.9 Å². The molecule has 4 nitrogen and oxygen atoms in total. The number of nitrogens with two attached hydrogens (primary N) is 1. The SMILES string of the molecule is COc1ccc(S(=O)(=O)CCC(C)N)c(C)c1. The lowest BCUT2D eigenvalue weighted by molar-refractivity contribution is 0.414. The van der Waals surface area contributed by atoms with E-state index in [2.05, 4.69) is 0 Å². The van der Waals surface area contributed by atoms with Crippen molar-refractivity contribution in [3.05, 3.63) is 23.8 Å². The Balaban J connectivity index is 2.99. The molecule has 0 saturated heterocycles. The summed E-state index contributed by atoms with van der Waals surface area (Å²) in [6.45, 7) is 3.57. The van der Waals surface area contributed by atoms with Gasteiger partial charge in [0.05, 0.1) is 17.8 Å². The van der Waals surface area contributed by atoms with Crippen molar-refractivity contribution in [3.63, 3.8) is 0 Å². The maximum absolute atomic E-state index is 12.1. The molecule has 1 rings (SSSR count). The third-order valence-electron chi connectivity index (χ3n) is 2.56. The molecule has 1 aromatic rings. The minimum absolute atomic E-state index is 0.0812. The number of hydrogen-bond donors (Lipinski definition) is 1. The van der Waals surface area contributed by atoms with Crippen LogP contribution in [0.2, 0.25) is 0 Å². The maximum Gasteiger partial charge on any atom is 0.178 e. The highest BCUT2D eigenvalue weighted by molar-refractivity contribution is 7.91. The molecule has 1 unspecified atom stereocenters. The quantitative estimate of drug-likeness (QED) is 0.868. The molecule has 1 aromatic carbocycles. The van der Waals surface area contributed by atoms with E-state index >= 15 is 0 Å². The number of methoxy groups -OCH3 is 1. The van der Waals surface area contributed by atoms with Gasteiger partial charge >= 0.3 is 0 Å². The van der Waals surface area contributed by atoms with Crippen LogP contribution in [0.15, 0.2) is 23.1 Å². The highest BCUT2D eigenvalue weighted by Gasteiger charge is 2.17. The van der Waals surface area contributed by atoms with E-state index in [0.29, 0.717) is 22.6 Å². The van der Waals surface area contributed by atoms with Crippen molar-refractivity contribution in [2.75, 3.05) is 12.9 Å². The number of ether oxygens (including phenoxy) is 1. The summed E-state index contributed by atoms with van der Waals surface area (Å²) in [5, 5.41) is 0. The van der Waals surface area contributed by atoms with Gasteiger partial charge in [-0.05, 0) is 44.0 Å². The highest BCUT2D eigenvalue weighted by atomic mass is 32.2. The van der Waals surface area contributed by atoms with Crippen molar-refractivity contribution < 1.29 is 13.2 Å². The average molecular weight is 257 g/mol. The summed E-state index contributed by atoms with van der Waals surface area (Å²) in [7, 11) is -1.69. The summed E-state index contributed by atoms with van der Waals surface area (Å²) < 4.78 is 29.2. The molecule has 0 heterocycles. The van der Waals surface area contributed by atoms with E-state index in [4.69, 9.17) is 10.5 Å². The van der Waals surface area contributed by atoms with E-state index in [-0.39, 0.29) is 11.8 Å². The Morgan fingerprint density at radius 2 is 2.06 bits per heavy atom. The smallest absolute Gasteiger partial charge is 0.178 e. The second-order valence-corrected chi connectivity index (χ2v) is 6.29. The fourth-order valence-electron chi connectivity index (χ4n) is 1.55. The number of benzene rings is 1. The molecule has 0 spiro atoms. The monoisotopic (exact) mass is 257 g/mol. The predicted molar refractivity (Wildman–Crippen MR) is 68.1 cm³/mol. The molecule has 1 atom stereocenters. The summed E-state index contributed by atoms with van der Waals surface area (Å²) in [5.74, 6) is 0.742. The average Bonchev–Trinajstić information content (AvgIpc) is 2.26. The van der Waals surface area contributed by atoms with Crippen LogP contribution in [0, 0.1) is 6.92 Å². The molecule has 0 bridgehead atoms. The molecule has 0 saturated carbocycles. The van der Waals surface area contributed by atoms with Crippen LogP contribution in [0.3, 0.4) is 0 Å². The molecule has 17 heavy (non-hydrogen) atoms. The number of aryl methyl sites for hydroxylation is 1. The third-order valence-corrected chi connectivity index (χ3v) is 4.46. The van der Waals surface area contributed by atoms with E-state index in [1.54, 1.807) is 39.2 Å². The van der Waals surface area contributed by atoms with Gasteiger partial charge in [-0.3, -0.25) is 0 Å². The summed E-state index contributed by atoms with van der Waals surface area (Å²) in [5.41, 5.74) is 6.28. The zero-order valence-corrected chi connectivity index (χ0v) is 11.3. The van der Waals surface area contributed by atoms with Gasteiger partial charge in [-0.15, -0.1) is 0 Å². The first-order valence-corrected chi connectivity index (χ1v) is 7.15. The van der Waals surface area contributed by atoms with Gasteiger partial charge in [-0.1, -0.05) is 0 Å². The Bertz CT molecular complexity index is 481. The fraction of sp³-hybridized carbons (Fsp3) is 0.500. The first-order chi connectivity index (χ1) is 7.86. The minimum atomic E-state index is -3.25. The Morgan fingerprint density at radius 3 is 2.53 bits per heavy atom. The highest BCUT2D eigenvalue weighted by Crippen LogP contribution is 2.22. The van der Waals surface area contributed by atoms with Crippen molar-refractivity contribution in [1.29, 1.82) is 0 Å². The molecule has 2 N–H and O–H groups in total. The molecule has 5 heteroatoms. The van der Waals surface area contributed by atoms with E-state index in [0.717, 1.165) is 0 Å². The second kappa shape index (κ2) is 5.51. The van der Waals surface area contributed by atoms with E-state index in [1.165, 1.54) is 0 Å². The van der Waals surface area contributed by atoms with Crippen molar-refractivity contribution in [3.8, 4) is 5.75 Å². The Morgan fingerprint density at radius 1 is 1.41 bits per heavy atom. The van der Waals surface area contributed by atoms with Gasteiger partial charge in [0.2, 0.25) is 0 Å². The van der Waals surface area contributed by atoms with Crippen LogP contribution in [-0.2, 0) is 9.84 Å². The van der Waals surface area contributed by atoms with Gasteiger partial charge in [0.25, 0.3) is 0 Å². The molecule has 0 aliphatic rings. The van der Waals surface area contributed by atoms with Gasteiger partial charge in [0, 0.05) is 6.04 Å². The van der Waals surface area contributed by atoms with E-state index < -0.39 is 9.84 Å². The molecule has 0 fully saturated rings. The Labute approximate surface area is 103 Å². The maximum atomic E-state index is 12.1. The van der Waals surface area contributed by atoms with Gasteiger partial charge < -0.3 is 10.5 Å².